The summed E-state index contributed by atoms with van der Waals surface area (Å²) in [7, 11) is 1.96. The molecule has 0 saturated carbocycles. The van der Waals surface area contributed by atoms with E-state index in [1.54, 1.807) is 6.20 Å². The van der Waals surface area contributed by atoms with Gasteiger partial charge in [0, 0.05) is 52.0 Å². The second kappa shape index (κ2) is 11.2. The summed E-state index contributed by atoms with van der Waals surface area (Å²) in [5.74, 6) is 2.67. The fourth-order valence-corrected chi connectivity index (χ4v) is 3.74. The molecule has 3 aromatic rings. The van der Waals surface area contributed by atoms with Gasteiger partial charge in [0.2, 0.25) is 0 Å². The molecule has 4 rings (SSSR count). The molecule has 1 aliphatic rings. The van der Waals surface area contributed by atoms with Crippen LogP contribution < -0.4 is 5.32 Å². The van der Waals surface area contributed by atoms with Gasteiger partial charge in [-0.25, -0.2) is 0 Å². The molecule has 3 aromatic heterocycles. The minimum Gasteiger partial charge on any atom is -0.357 e. The first-order chi connectivity index (χ1) is 14.7. The zero-order valence-electron chi connectivity index (χ0n) is 17.9. The van der Waals surface area contributed by atoms with Crippen LogP contribution in [0.25, 0.3) is 11.6 Å². The van der Waals surface area contributed by atoms with Crippen LogP contribution in [-0.4, -0.2) is 61.9 Å². The van der Waals surface area contributed by atoms with Crippen LogP contribution in [0.1, 0.15) is 24.7 Å². The smallest absolute Gasteiger partial charge is 0.276 e. The predicted octanol–water partition coefficient (Wildman–Crippen LogP) is 2.56. The van der Waals surface area contributed by atoms with Gasteiger partial charge in [0.25, 0.3) is 5.89 Å². The van der Waals surface area contributed by atoms with Gasteiger partial charge in [-0.3, -0.25) is 14.7 Å². The van der Waals surface area contributed by atoms with Crippen molar-refractivity contribution in [3.8, 4) is 11.6 Å². The van der Waals surface area contributed by atoms with E-state index in [0.717, 1.165) is 38.4 Å². The number of pyridine rings is 1. The Labute approximate surface area is 199 Å². The van der Waals surface area contributed by atoms with E-state index in [-0.39, 0.29) is 24.0 Å². The molecule has 0 aromatic carbocycles. The highest BCUT2D eigenvalue weighted by atomic mass is 127. The van der Waals surface area contributed by atoms with E-state index in [9.17, 15) is 0 Å². The standard InChI is InChI=1S/C21H28N8O.HI/c1-3-22-21(29-11-8-16(15-29)12-17-13-25-28(2)14-17)24-10-7-19-26-20(30-27-19)18-6-4-5-9-23-18;/h4-6,9,13-14,16H,3,7-8,10-12,15H2,1-2H3,(H,22,24);1H. The van der Waals surface area contributed by atoms with Crippen LogP contribution in [0.2, 0.25) is 0 Å². The predicted molar refractivity (Wildman–Crippen MR) is 129 cm³/mol. The molecule has 1 unspecified atom stereocenters. The SMILES string of the molecule is CCNC(=NCCc1noc(-c2ccccn2)n1)N1CCC(Cc2cnn(C)c2)C1.I. The highest BCUT2D eigenvalue weighted by molar-refractivity contribution is 14.0. The minimum absolute atomic E-state index is 0. The maximum atomic E-state index is 5.32. The number of likely N-dealkylation sites (tertiary alicyclic amines) is 1. The van der Waals surface area contributed by atoms with Crippen molar-refractivity contribution >= 4 is 29.9 Å². The summed E-state index contributed by atoms with van der Waals surface area (Å²) in [5.41, 5.74) is 1.98. The van der Waals surface area contributed by atoms with Gasteiger partial charge in [0.15, 0.2) is 11.8 Å². The summed E-state index contributed by atoms with van der Waals surface area (Å²) in [6.07, 6.45) is 8.63. The van der Waals surface area contributed by atoms with Gasteiger partial charge in [-0.15, -0.1) is 24.0 Å². The van der Waals surface area contributed by atoms with E-state index in [0.29, 0.717) is 36.3 Å². The van der Waals surface area contributed by atoms with Gasteiger partial charge in [0.05, 0.1) is 6.20 Å². The average Bonchev–Trinajstić information content (AvgIpc) is 3.50. The molecule has 1 saturated heterocycles. The Bertz CT molecular complexity index is 971. The topological polar surface area (TPSA) is 97.3 Å². The monoisotopic (exact) mass is 536 g/mol. The first-order valence-electron chi connectivity index (χ1n) is 10.5. The number of hydrogen-bond donors (Lipinski definition) is 1. The third-order valence-electron chi connectivity index (χ3n) is 5.15. The molecule has 0 bridgehead atoms. The molecule has 0 spiro atoms. The zero-order valence-corrected chi connectivity index (χ0v) is 20.3. The van der Waals surface area contributed by atoms with Crippen molar-refractivity contribution in [1.29, 1.82) is 0 Å². The molecule has 0 aliphatic carbocycles. The second-order valence-electron chi connectivity index (χ2n) is 7.54. The van der Waals surface area contributed by atoms with Gasteiger partial charge in [0.1, 0.15) is 5.69 Å². The van der Waals surface area contributed by atoms with Crippen LogP contribution in [-0.2, 0) is 19.9 Å². The Balaban J connectivity index is 0.00000272. The Morgan fingerprint density at radius 2 is 2.26 bits per heavy atom. The van der Waals surface area contributed by atoms with Crippen LogP contribution in [0.4, 0.5) is 0 Å². The van der Waals surface area contributed by atoms with Crippen LogP contribution >= 0.6 is 24.0 Å². The van der Waals surface area contributed by atoms with E-state index in [4.69, 9.17) is 9.52 Å². The van der Waals surface area contributed by atoms with Crippen molar-refractivity contribution in [3.05, 3.63) is 48.2 Å². The van der Waals surface area contributed by atoms with E-state index in [2.05, 4.69) is 43.6 Å². The van der Waals surface area contributed by atoms with Crippen LogP contribution in [0, 0.1) is 5.92 Å². The van der Waals surface area contributed by atoms with E-state index in [1.807, 2.05) is 36.1 Å². The highest BCUT2D eigenvalue weighted by Gasteiger charge is 2.25. The molecule has 10 heteroatoms. The summed E-state index contributed by atoms with van der Waals surface area (Å²) in [6.45, 7) is 5.56. The molecule has 1 fully saturated rings. The summed E-state index contributed by atoms with van der Waals surface area (Å²) in [5, 5.41) is 11.7. The number of guanidine groups is 1. The molecule has 0 radical (unpaired) electrons. The van der Waals surface area contributed by atoms with Crippen molar-refractivity contribution < 1.29 is 4.52 Å². The number of nitrogens with one attached hydrogen (secondary N) is 1. The number of aliphatic imine (C=N–C) groups is 1. The molecule has 1 atom stereocenters. The Hall–Kier alpha value is -2.50. The fourth-order valence-electron chi connectivity index (χ4n) is 3.74. The van der Waals surface area contributed by atoms with Crippen molar-refractivity contribution in [2.75, 3.05) is 26.2 Å². The lowest BCUT2D eigenvalue weighted by molar-refractivity contribution is 0.421. The number of aromatic nitrogens is 5. The summed E-state index contributed by atoms with van der Waals surface area (Å²) >= 11 is 0. The van der Waals surface area contributed by atoms with Crippen molar-refractivity contribution in [3.63, 3.8) is 0 Å². The molecular formula is C21H29IN8O. The van der Waals surface area contributed by atoms with Gasteiger partial charge in [-0.05, 0) is 43.4 Å². The van der Waals surface area contributed by atoms with E-state index >= 15 is 0 Å². The maximum absolute atomic E-state index is 5.32. The number of aryl methyl sites for hydroxylation is 1. The third kappa shape index (κ3) is 6.25. The first-order valence-corrected chi connectivity index (χ1v) is 10.5. The lowest BCUT2D eigenvalue weighted by Gasteiger charge is -2.21. The summed E-state index contributed by atoms with van der Waals surface area (Å²) in [6, 6.07) is 5.61. The quantitative estimate of drug-likeness (QED) is 0.282. The molecule has 31 heavy (non-hydrogen) atoms. The van der Waals surface area contributed by atoms with Gasteiger partial charge < -0.3 is 14.7 Å². The number of nitrogens with zero attached hydrogens (tertiary/aromatic N) is 7. The first kappa shape index (κ1) is 23.2. The van der Waals surface area contributed by atoms with Crippen LogP contribution in [0.5, 0.6) is 0 Å². The third-order valence-corrected chi connectivity index (χ3v) is 5.15. The Kier molecular flexibility index (Phi) is 8.38. The summed E-state index contributed by atoms with van der Waals surface area (Å²) < 4.78 is 7.19. The van der Waals surface area contributed by atoms with Crippen LogP contribution in [0.15, 0.2) is 46.3 Å². The lowest BCUT2D eigenvalue weighted by atomic mass is 10.0. The van der Waals surface area contributed by atoms with Gasteiger partial charge >= 0.3 is 0 Å². The summed E-state index contributed by atoms with van der Waals surface area (Å²) in [4.78, 5) is 15.8. The second-order valence-corrected chi connectivity index (χ2v) is 7.54. The molecule has 1 N–H and O–H groups in total. The normalized spacial score (nSPS) is 16.4. The molecule has 4 heterocycles. The van der Waals surface area contributed by atoms with Crippen LogP contribution in [0.3, 0.4) is 0 Å². The van der Waals surface area contributed by atoms with Crippen molar-refractivity contribution in [2.24, 2.45) is 18.0 Å². The average molecular weight is 536 g/mol. The van der Waals surface area contributed by atoms with Crippen molar-refractivity contribution in [1.82, 2.24) is 35.1 Å². The fraction of sp³-hybridized carbons (Fsp3) is 0.476. The molecular weight excluding hydrogens is 507 g/mol. The highest BCUT2D eigenvalue weighted by Crippen LogP contribution is 2.21. The molecule has 9 nitrogen and oxygen atoms in total. The largest absolute Gasteiger partial charge is 0.357 e. The molecule has 0 amide bonds. The minimum atomic E-state index is 0. The van der Waals surface area contributed by atoms with E-state index in [1.165, 1.54) is 5.56 Å². The van der Waals surface area contributed by atoms with Gasteiger partial charge in [-0.2, -0.15) is 10.1 Å². The van der Waals surface area contributed by atoms with Gasteiger partial charge in [-0.1, -0.05) is 11.2 Å². The molecule has 1 aliphatic heterocycles. The Morgan fingerprint density at radius 1 is 1.35 bits per heavy atom. The van der Waals surface area contributed by atoms with Crippen molar-refractivity contribution in [2.45, 2.75) is 26.2 Å². The maximum Gasteiger partial charge on any atom is 0.276 e. The van der Waals surface area contributed by atoms with E-state index < -0.39 is 0 Å². The molecule has 166 valence electrons. The number of halogens is 1. The number of rotatable bonds is 7. The lowest BCUT2D eigenvalue weighted by Crippen LogP contribution is -2.40. The Morgan fingerprint density at radius 3 is 3.00 bits per heavy atom. The zero-order chi connectivity index (χ0) is 20.8. The number of hydrogen-bond acceptors (Lipinski definition) is 6.